The Morgan fingerprint density at radius 2 is 2.00 bits per heavy atom. The Bertz CT molecular complexity index is 115. The van der Waals surface area contributed by atoms with Crippen molar-refractivity contribution in [3.8, 4) is 6.07 Å². The minimum absolute atomic E-state index is 0.117. The molecule has 0 saturated carbocycles. The van der Waals surface area contributed by atoms with E-state index in [1.54, 1.807) is 6.07 Å². The Hall–Kier alpha value is -1.32. The average molecular weight is 148 g/mol. The lowest BCUT2D eigenvalue weighted by Gasteiger charge is -1.83. The molecule has 0 saturated heterocycles. The fourth-order valence-electron chi connectivity index (χ4n) is 0.112. The van der Waals surface area contributed by atoms with Crippen molar-refractivity contribution in [2.75, 3.05) is 13.3 Å². The van der Waals surface area contributed by atoms with Gasteiger partial charge < -0.3 is 15.3 Å². The monoisotopic (exact) mass is 148 g/mol. The van der Waals surface area contributed by atoms with Crippen LogP contribution in [0.1, 0.15) is 0 Å². The number of aliphatic hydroxyl groups excluding tert-OH is 1. The van der Waals surface area contributed by atoms with Crippen molar-refractivity contribution in [1.82, 2.24) is 5.32 Å². The molecule has 0 heterocycles. The lowest BCUT2D eigenvalue weighted by Crippen LogP contribution is -2.13. The summed E-state index contributed by atoms with van der Waals surface area (Å²) in [5, 5.41) is 32.0. The Morgan fingerprint density at radius 1 is 1.60 bits per heavy atom. The molecule has 0 bridgehead atoms. The van der Waals surface area contributed by atoms with Crippen molar-refractivity contribution in [2.24, 2.45) is 0 Å². The van der Waals surface area contributed by atoms with Crippen LogP contribution in [0.25, 0.3) is 0 Å². The van der Waals surface area contributed by atoms with Crippen molar-refractivity contribution in [3.05, 3.63) is 0 Å². The number of nitriles is 1. The molecule has 0 amide bonds. The third-order valence-electron chi connectivity index (χ3n) is 0.316. The van der Waals surface area contributed by atoms with E-state index in [0.717, 1.165) is 0 Å². The molecule has 0 unspecified atom stereocenters. The van der Waals surface area contributed by atoms with Crippen LogP contribution < -0.4 is 5.32 Å². The summed E-state index contributed by atoms with van der Waals surface area (Å²) >= 11 is 0. The summed E-state index contributed by atoms with van der Waals surface area (Å²) in [6.45, 7) is 0.101. The molecule has 0 atom stereocenters. The molecular weight excluding hydrogens is 140 g/mol. The molecule has 0 aromatic rings. The second-order valence-electron chi connectivity index (χ2n) is 1.03. The number of nitrogens with one attached hydrogen (secondary N) is 1. The molecule has 0 fully saturated rings. The van der Waals surface area contributed by atoms with Crippen LogP contribution in [0, 0.1) is 11.3 Å². The summed E-state index contributed by atoms with van der Waals surface area (Å²) in [4.78, 5) is 8.56. The molecule has 0 aromatic heterocycles. The molecule has 0 spiro atoms. The van der Waals surface area contributed by atoms with Gasteiger partial charge >= 0.3 is 6.16 Å². The van der Waals surface area contributed by atoms with E-state index in [-0.39, 0.29) is 13.3 Å². The van der Waals surface area contributed by atoms with Gasteiger partial charge in [-0.2, -0.15) is 5.26 Å². The highest BCUT2D eigenvalue weighted by molar-refractivity contribution is 5.53. The first-order valence-electron chi connectivity index (χ1n) is 2.25. The van der Waals surface area contributed by atoms with Gasteiger partial charge in [0.15, 0.2) is 0 Å². The van der Waals surface area contributed by atoms with Gasteiger partial charge in [-0.1, -0.05) is 0 Å². The summed E-state index contributed by atoms with van der Waals surface area (Å²) in [5.74, 6) is 0. The fraction of sp³-hybridized carbons (Fsp3) is 0.500. The minimum atomic E-state index is -1.83. The smallest absolute Gasteiger partial charge is 0.450 e. The first-order valence-corrected chi connectivity index (χ1v) is 2.25. The van der Waals surface area contributed by atoms with Crippen molar-refractivity contribution in [1.29, 1.82) is 5.26 Å². The largest absolute Gasteiger partial charge is 0.503 e. The van der Waals surface area contributed by atoms with E-state index in [2.05, 4.69) is 5.32 Å². The van der Waals surface area contributed by atoms with Crippen LogP contribution in [0.4, 0.5) is 4.79 Å². The first kappa shape index (κ1) is 11.5. The van der Waals surface area contributed by atoms with Gasteiger partial charge in [0.2, 0.25) is 0 Å². The van der Waals surface area contributed by atoms with Crippen molar-refractivity contribution in [3.63, 3.8) is 0 Å². The Morgan fingerprint density at radius 3 is 2.10 bits per heavy atom. The minimum Gasteiger partial charge on any atom is -0.450 e. The van der Waals surface area contributed by atoms with Crippen LogP contribution in [-0.4, -0.2) is 34.8 Å². The second-order valence-corrected chi connectivity index (χ2v) is 1.03. The zero-order chi connectivity index (χ0) is 8.41. The highest BCUT2D eigenvalue weighted by Gasteiger charge is 1.70. The van der Waals surface area contributed by atoms with Crippen LogP contribution >= 0.6 is 0 Å². The molecule has 0 aliphatic heterocycles. The molecule has 10 heavy (non-hydrogen) atoms. The topological polar surface area (TPSA) is 114 Å². The maximum absolute atomic E-state index is 8.56. The van der Waals surface area contributed by atoms with Gasteiger partial charge in [-0.3, -0.25) is 5.32 Å². The summed E-state index contributed by atoms with van der Waals surface area (Å²) < 4.78 is 0. The third kappa shape index (κ3) is 76.4. The van der Waals surface area contributed by atoms with Crippen LogP contribution in [0.5, 0.6) is 0 Å². The lowest BCUT2D eigenvalue weighted by atomic mass is 10.7. The molecule has 4 N–H and O–H groups in total. The number of hydrogen-bond acceptors (Lipinski definition) is 4. The Labute approximate surface area is 57.3 Å². The molecule has 0 radical (unpaired) electrons. The molecule has 0 aliphatic carbocycles. The predicted molar refractivity (Wildman–Crippen MR) is 31.4 cm³/mol. The van der Waals surface area contributed by atoms with Gasteiger partial charge in [0.1, 0.15) is 0 Å². The number of nitrogens with zero attached hydrogens (tertiary/aromatic N) is 1. The molecule has 6 nitrogen and oxygen atoms in total. The van der Waals surface area contributed by atoms with E-state index in [1.165, 1.54) is 0 Å². The summed E-state index contributed by atoms with van der Waals surface area (Å²) in [6.07, 6.45) is -1.83. The average Bonchev–Trinajstić information content (AvgIpc) is 1.82. The Balaban J connectivity index is 0. The zero-order valence-corrected chi connectivity index (χ0v) is 5.11. The highest BCUT2D eigenvalue weighted by atomic mass is 16.6. The van der Waals surface area contributed by atoms with Gasteiger partial charge in [0.25, 0.3) is 0 Å². The van der Waals surface area contributed by atoms with Crippen molar-refractivity contribution >= 4 is 6.16 Å². The van der Waals surface area contributed by atoms with Crippen LogP contribution in [0.3, 0.4) is 0 Å². The number of rotatable bonds is 2. The van der Waals surface area contributed by atoms with Crippen LogP contribution in [0.15, 0.2) is 0 Å². The van der Waals surface area contributed by atoms with Gasteiger partial charge in [0.05, 0.1) is 19.3 Å². The van der Waals surface area contributed by atoms with E-state index in [1.807, 2.05) is 0 Å². The summed E-state index contributed by atoms with van der Waals surface area (Å²) in [6, 6.07) is 1.80. The number of carboxylic acid groups (broad SMARTS) is 2. The van der Waals surface area contributed by atoms with E-state index in [9.17, 15) is 0 Å². The number of hydrogen-bond donors (Lipinski definition) is 4. The molecule has 0 aromatic carbocycles. The third-order valence-corrected chi connectivity index (χ3v) is 0.316. The summed E-state index contributed by atoms with van der Waals surface area (Å²) in [7, 11) is 0. The predicted octanol–water partition coefficient (Wildman–Crippen LogP) is -0.728. The molecule has 58 valence electrons. The summed E-state index contributed by atoms with van der Waals surface area (Å²) in [5.41, 5.74) is 0. The van der Waals surface area contributed by atoms with Gasteiger partial charge in [0, 0.05) is 0 Å². The van der Waals surface area contributed by atoms with Gasteiger partial charge in [-0.25, -0.2) is 4.79 Å². The maximum atomic E-state index is 8.56. The van der Waals surface area contributed by atoms with Gasteiger partial charge in [-0.05, 0) is 0 Å². The zero-order valence-electron chi connectivity index (χ0n) is 5.11. The molecule has 0 rings (SSSR count). The SMILES string of the molecule is N#CCNCO.O=C(O)O. The van der Waals surface area contributed by atoms with Gasteiger partial charge in [-0.15, -0.1) is 0 Å². The quantitative estimate of drug-likeness (QED) is 0.233. The standard InChI is InChI=1S/C3H6N2O.CH2O3/c4-1-2-5-3-6;2-1(3)4/h5-6H,2-3H2;(H2,2,3,4). The van der Waals surface area contributed by atoms with E-state index in [0.29, 0.717) is 0 Å². The molecule has 6 heteroatoms. The lowest BCUT2D eigenvalue weighted by molar-refractivity contribution is 0.137. The van der Waals surface area contributed by atoms with E-state index >= 15 is 0 Å². The maximum Gasteiger partial charge on any atom is 0.503 e. The van der Waals surface area contributed by atoms with E-state index in [4.69, 9.17) is 25.4 Å². The second kappa shape index (κ2) is 10.6. The van der Waals surface area contributed by atoms with Crippen LogP contribution in [-0.2, 0) is 0 Å². The molecule has 0 aliphatic rings. The Kier molecular flexibility index (Phi) is 12.2. The fourth-order valence-corrected chi connectivity index (χ4v) is 0.112. The normalized spacial score (nSPS) is 6.80. The number of carbonyl (C=O) groups is 1. The highest BCUT2D eigenvalue weighted by Crippen LogP contribution is 1.45. The van der Waals surface area contributed by atoms with Crippen molar-refractivity contribution in [2.45, 2.75) is 0 Å². The van der Waals surface area contributed by atoms with Crippen molar-refractivity contribution < 1.29 is 20.1 Å². The number of aliphatic hydroxyl groups is 1. The molecular formula is C4H8N2O4. The van der Waals surface area contributed by atoms with E-state index < -0.39 is 6.16 Å². The first-order chi connectivity index (χ1) is 4.65. The van der Waals surface area contributed by atoms with Crippen LogP contribution in [0.2, 0.25) is 0 Å².